The van der Waals surface area contributed by atoms with Crippen LogP contribution in [0.5, 0.6) is 0 Å². The summed E-state index contributed by atoms with van der Waals surface area (Å²) in [6, 6.07) is -0.436. The van der Waals surface area contributed by atoms with Crippen LogP contribution in [0.2, 0.25) is 0 Å². The van der Waals surface area contributed by atoms with E-state index >= 15 is 0 Å². The lowest BCUT2D eigenvalue weighted by Gasteiger charge is -2.06. The molecule has 6 heteroatoms. The summed E-state index contributed by atoms with van der Waals surface area (Å²) in [7, 11) is 0. The number of rotatable bonds is 2. The van der Waals surface area contributed by atoms with Crippen LogP contribution < -0.4 is 5.32 Å². The molecule has 2 N–H and O–H groups in total. The molecule has 2 rings (SSSR count). The maximum absolute atomic E-state index is 10.7. The molecule has 0 aliphatic carbocycles. The highest BCUT2D eigenvalue weighted by Crippen LogP contribution is 2.34. The molecule has 0 radical (unpaired) electrons. The number of hydrogen-bond donors (Lipinski definition) is 2. The summed E-state index contributed by atoms with van der Waals surface area (Å²) in [4.78, 5) is 15.0. The van der Waals surface area contributed by atoms with Gasteiger partial charge in [0.15, 0.2) is 0 Å². The van der Waals surface area contributed by atoms with E-state index in [9.17, 15) is 4.79 Å². The SMILES string of the molecule is Cc1csc(C2N[C@H](C(=O)O)CS2)n1. The number of aromatic nitrogens is 1. The highest BCUT2D eigenvalue weighted by Gasteiger charge is 2.31. The Balaban J connectivity index is 2.05. The van der Waals surface area contributed by atoms with Crippen molar-refractivity contribution in [1.29, 1.82) is 0 Å². The van der Waals surface area contributed by atoms with Crippen LogP contribution >= 0.6 is 23.1 Å². The van der Waals surface area contributed by atoms with E-state index in [-0.39, 0.29) is 5.37 Å². The number of carbonyl (C=O) groups is 1. The van der Waals surface area contributed by atoms with Crippen molar-refractivity contribution < 1.29 is 9.90 Å². The Morgan fingerprint density at radius 3 is 3.07 bits per heavy atom. The molecule has 76 valence electrons. The van der Waals surface area contributed by atoms with Crippen molar-refractivity contribution in [3.05, 3.63) is 16.1 Å². The smallest absolute Gasteiger partial charge is 0.321 e. The highest BCUT2D eigenvalue weighted by atomic mass is 32.2. The lowest BCUT2D eigenvalue weighted by atomic mass is 10.3. The van der Waals surface area contributed by atoms with Gasteiger partial charge in [-0.3, -0.25) is 10.1 Å². The number of thiazole rings is 1. The molecule has 1 unspecified atom stereocenters. The first-order valence-electron chi connectivity index (χ1n) is 4.19. The van der Waals surface area contributed by atoms with Gasteiger partial charge in [0.1, 0.15) is 16.4 Å². The second-order valence-corrected chi connectivity index (χ2v) is 5.13. The van der Waals surface area contributed by atoms with Crippen LogP contribution in [0.15, 0.2) is 5.38 Å². The minimum atomic E-state index is -0.784. The van der Waals surface area contributed by atoms with Crippen LogP contribution in [0.1, 0.15) is 16.1 Å². The number of nitrogens with zero attached hydrogens (tertiary/aromatic N) is 1. The first-order valence-corrected chi connectivity index (χ1v) is 6.12. The van der Waals surface area contributed by atoms with E-state index in [1.54, 1.807) is 23.1 Å². The van der Waals surface area contributed by atoms with Crippen molar-refractivity contribution in [3.8, 4) is 0 Å². The van der Waals surface area contributed by atoms with E-state index in [0.717, 1.165) is 10.7 Å². The van der Waals surface area contributed by atoms with Gasteiger partial charge in [-0.25, -0.2) is 4.98 Å². The number of carboxylic acid groups (broad SMARTS) is 1. The molecule has 0 spiro atoms. The quantitative estimate of drug-likeness (QED) is 0.800. The van der Waals surface area contributed by atoms with E-state index in [4.69, 9.17) is 5.11 Å². The standard InChI is InChI=1S/C8H10N2O2S2/c1-4-2-13-6(9-4)7-10-5(3-14-7)8(11)12/h2,5,7,10H,3H2,1H3,(H,11,12)/t5-,7?/m0/s1. The zero-order chi connectivity index (χ0) is 10.1. The van der Waals surface area contributed by atoms with Gasteiger partial charge in [-0.15, -0.1) is 23.1 Å². The molecular weight excluding hydrogens is 220 g/mol. The lowest BCUT2D eigenvalue weighted by molar-refractivity contribution is -0.138. The normalized spacial score (nSPS) is 26.6. The summed E-state index contributed by atoms with van der Waals surface area (Å²) in [6.45, 7) is 1.94. The zero-order valence-electron chi connectivity index (χ0n) is 7.56. The van der Waals surface area contributed by atoms with E-state index < -0.39 is 12.0 Å². The highest BCUT2D eigenvalue weighted by molar-refractivity contribution is 7.99. The van der Waals surface area contributed by atoms with Gasteiger partial charge in [0.25, 0.3) is 0 Å². The molecule has 1 aromatic rings. The van der Waals surface area contributed by atoms with Gasteiger partial charge in [0, 0.05) is 16.8 Å². The third-order valence-electron chi connectivity index (χ3n) is 1.94. The number of aryl methyl sites for hydroxylation is 1. The van der Waals surface area contributed by atoms with Gasteiger partial charge in [0.2, 0.25) is 0 Å². The fraction of sp³-hybridized carbons (Fsp3) is 0.500. The van der Waals surface area contributed by atoms with Crippen LogP contribution in [0.3, 0.4) is 0 Å². The second-order valence-electron chi connectivity index (χ2n) is 3.10. The van der Waals surface area contributed by atoms with Crippen molar-refractivity contribution in [1.82, 2.24) is 10.3 Å². The summed E-state index contributed by atoms with van der Waals surface area (Å²) in [5, 5.41) is 14.8. The van der Waals surface area contributed by atoms with Crippen LogP contribution in [0.4, 0.5) is 0 Å². The summed E-state index contributed by atoms with van der Waals surface area (Å²) < 4.78 is 0. The Hall–Kier alpha value is -0.590. The van der Waals surface area contributed by atoms with Gasteiger partial charge in [-0.1, -0.05) is 0 Å². The van der Waals surface area contributed by atoms with Crippen LogP contribution in [-0.2, 0) is 4.79 Å². The molecule has 1 aromatic heterocycles. The number of nitrogens with one attached hydrogen (secondary N) is 1. The average Bonchev–Trinajstić information content (AvgIpc) is 2.70. The fourth-order valence-electron chi connectivity index (χ4n) is 1.25. The summed E-state index contributed by atoms with van der Waals surface area (Å²) in [5.74, 6) is -0.174. The predicted octanol–water partition coefficient (Wildman–Crippen LogP) is 1.24. The number of aliphatic carboxylic acids is 1. The molecular formula is C8H10N2O2S2. The molecule has 2 heterocycles. The summed E-state index contributed by atoms with van der Waals surface area (Å²) in [6.07, 6.45) is 0. The van der Waals surface area contributed by atoms with Gasteiger partial charge >= 0.3 is 5.97 Å². The molecule has 0 saturated carbocycles. The van der Waals surface area contributed by atoms with Crippen molar-refractivity contribution in [2.45, 2.75) is 18.3 Å². The van der Waals surface area contributed by atoms with Crippen LogP contribution in [0, 0.1) is 6.92 Å². The van der Waals surface area contributed by atoms with E-state index in [0.29, 0.717) is 5.75 Å². The Bertz CT molecular complexity index is 353. The maximum Gasteiger partial charge on any atom is 0.321 e. The summed E-state index contributed by atoms with van der Waals surface area (Å²) >= 11 is 3.17. The Kier molecular flexibility index (Phi) is 2.76. The third kappa shape index (κ3) is 1.92. The minimum absolute atomic E-state index is 0.0507. The second kappa shape index (κ2) is 3.88. The molecule has 4 nitrogen and oxygen atoms in total. The average molecular weight is 230 g/mol. The summed E-state index contributed by atoms with van der Waals surface area (Å²) in [5.41, 5.74) is 0.992. The number of hydrogen-bond acceptors (Lipinski definition) is 5. The lowest BCUT2D eigenvalue weighted by Crippen LogP contribution is -2.33. The molecule has 0 bridgehead atoms. The van der Waals surface area contributed by atoms with Gasteiger partial charge in [-0.2, -0.15) is 0 Å². The molecule has 1 aliphatic rings. The van der Waals surface area contributed by atoms with E-state index in [2.05, 4.69) is 10.3 Å². The topological polar surface area (TPSA) is 62.2 Å². The van der Waals surface area contributed by atoms with E-state index in [1.165, 1.54) is 0 Å². The van der Waals surface area contributed by atoms with Crippen molar-refractivity contribution in [2.75, 3.05) is 5.75 Å². The van der Waals surface area contributed by atoms with Gasteiger partial charge in [0.05, 0.1) is 0 Å². The van der Waals surface area contributed by atoms with Crippen molar-refractivity contribution in [2.24, 2.45) is 0 Å². The number of thioether (sulfide) groups is 1. The monoisotopic (exact) mass is 230 g/mol. The minimum Gasteiger partial charge on any atom is -0.480 e. The zero-order valence-corrected chi connectivity index (χ0v) is 9.19. The van der Waals surface area contributed by atoms with Crippen LogP contribution in [-0.4, -0.2) is 27.9 Å². The first kappa shape index (κ1) is 9.95. The predicted molar refractivity (Wildman–Crippen MR) is 56.6 cm³/mol. The largest absolute Gasteiger partial charge is 0.480 e. The first-order chi connectivity index (χ1) is 6.66. The maximum atomic E-state index is 10.7. The van der Waals surface area contributed by atoms with Crippen molar-refractivity contribution >= 4 is 29.1 Å². The third-order valence-corrected chi connectivity index (χ3v) is 4.34. The Morgan fingerprint density at radius 1 is 1.79 bits per heavy atom. The van der Waals surface area contributed by atoms with Gasteiger partial charge < -0.3 is 5.11 Å². The van der Waals surface area contributed by atoms with Gasteiger partial charge in [-0.05, 0) is 6.92 Å². The Morgan fingerprint density at radius 2 is 2.57 bits per heavy atom. The van der Waals surface area contributed by atoms with Crippen molar-refractivity contribution in [3.63, 3.8) is 0 Å². The molecule has 1 aliphatic heterocycles. The number of carboxylic acids is 1. The molecule has 0 aromatic carbocycles. The molecule has 1 saturated heterocycles. The van der Waals surface area contributed by atoms with Crippen LogP contribution in [0.25, 0.3) is 0 Å². The molecule has 2 atom stereocenters. The fourth-order valence-corrected chi connectivity index (χ4v) is 3.43. The van der Waals surface area contributed by atoms with E-state index in [1.807, 2.05) is 12.3 Å². The Labute approximate surface area is 89.7 Å². The molecule has 14 heavy (non-hydrogen) atoms. The molecule has 0 amide bonds. The molecule has 1 fully saturated rings.